The van der Waals surface area contributed by atoms with Crippen molar-refractivity contribution in [2.45, 2.75) is 25.5 Å². The van der Waals surface area contributed by atoms with Crippen LogP contribution < -0.4 is 5.32 Å². The van der Waals surface area contributed by atoms with Crippen LogP contribution in [0.15, 0.2) is 0 Å². The first-order valence-corrected chi connectivity index (χ1v) is 4.57. The van der Waals surface area contributed by atoms with Crippen molar-refractivity contribution in [2.24, 2.45) is 0 Å². The molecule has 14 heavy (non-hydrogen) atoms. The van der Waals surface area contributed by atoms with Crippen LogP contribution >= 0.6 is 0 Å². The highest BCUT2D eigenvalue weighted by atomic mass is 16.5. The third kappa shape index (κ3) is 6.82. The number of ether oxygens (including phenoxy) is 2. The minimum atomic E-state index is -0.542. The fraction of sp³-hybridized carbons (Fsp3) is 0.889. The second-order valence-corrected chi connectivity index (χ2v) is 3.20. The van der Waals surface area contributed by atoms with Crippen LogP contribution in [0.4, 0.5) is 0 Å². The van der Waals surface area contributed by atoms with Crippen LogP contribution in [0.25, 0.3) is 0 Å². The van der Waals surface area contributed by atoms with E-state index in [1.165, 1.54) is 14.2 Å². The van der Waals surface area contributed by atoms with Gasteiger partial charge in [-0.15, -0.1) is 0 Å². The standard InChI is InChI=1S/C9H19NO4/c1-7(4-9(12)14-3)10-5-8(11)6-13-2/h7-8,10-11H,4-6H2,1-3H3. The molecule has 5 nitrogen and oxygen atoms in total. The summed E-state index contributed by atoms with van der Waals surface area (Å²) in [6, 6.07) is -0.00560. The molecule has 0 aromatic carbocycles. The molecule has 2 N–H and O–H groups in total. The molecule has 0 rings (SSSR count). The number of esters is 1. The molecule has 84 valence electrons. The quantitative estimate of drug-likeness (QED) is 0.550. The molecular weight excluding hydrogens is 186 g/mol. The Morgan fingerprint density at radius 2 is 2.14 bits per heavy atom. The molecule has 0 saturated carbocycles. The zero-order chi connectivity index (χ0) is 11.0. The monoisotopic (exact) mass is 205 g/mol. The number of hydrogen-bond acceptors (Lipinski definition) is 5. The normalized spacial score (nSPS) is 14.9. The fourth-order valence-corrected chi connectivity index (χ4v) is 0.994. The van der Waals surface area contributed by atoms with E-state index in [0.29, 0.717) is 13.0 Å². The molecule has 0 aromatic heterocycles. The van der Waals surface area contributed by atoms with Crippen LogP contribution in [0.3, 0.4) is 0 Å². The van der Waals surface area contributed by atoms with Crippen LogP contribution in [-0.2, 0) is 14.3 Å². The summed E-state index contributed by atoms with van der Waals surface area (Å²) in [5.74, 6) is -0.258. The van der Waals surface area contributed by atoms with Gasteiger partial charge in [0.1, 0.15) is 0 Å². The molecule has 0 saturated heterocycles. The summed E-state index contributed by atoms with van der Waals surface area (Å²) in [7, 11) is 2.88. The van der Waals surface area contributed by atoms with Gasteiger partial charge in [0, 0.05) is 19.7 Å². The van der Waals surface area contributed by atoms with Gasteiger partial charge >= 0.3 is 5.97 Å². The highest BCUT2D eigenvalue weighted by Gasteiger charge is 2.10. The number of hydrogen-bond donors (Lipinski definition) is 2. The number of rotatable bonds is 7. The maximum Gasteiger partial charge on any atom is 0.307 e. The summed E-state index contributed by atoms with van der Waals surface area (Å²) >= 11 is 0. The van der Waals surface area contributed by atoms with E-state index >= 15 is 0 Å². The van der Waals surface area contributed by atoms with Gasteiger partial charge in [0.2, 0.25) is 0 Å². The maximum absolute atomic E-state index is 10.8. The Hall–Kier alpha value is -0.650. The predicted octanol–water partition coefficient (Wildman–Crippen LogP) is -0.465. The predicted molar refractivity (Wildman–Crippen MR) is 52.0 cm³/mol. The van der Waals surface area contributed by atoms with Crippen molar-refractivity contribution in [2.75, 3.05) is 27.4 Å². The lowest BCUT2D eigenvalue weighted by atomic mass is 10.2. The first-order valence-electron chi connectivity index (χ1n) is 4.57. The second-order valence-electron chi connectivity index (χ2n) is 3.20. The summed E-state index contributed by atoms with van der Waals surface area (Å²) in [6.07, 6.45) is -0.240. The van der Waals surface area contributed by atoms with Gasteiger partial charge in [-0.25, -0.2) is 0 Å². The van der Waals surface area contributed by atoms with E-state index in [4.69, 9.17) is 4.74 Å². The van der Waals surface area contributed by atoms with Gasteiger partial charge in [-0.3, -0.25) is 4.79 Å². The van der Waals surface area contributed by atoms with E-state index in [-0.39, 0.29) is 18.6 Å². The number of nitrogens with one attached hydrogen (secondary N) is 1. The topological polar surface area (TPSA) is 67.8 Å². The van der Waals surface area contributed by atoms with Crippen LogP contribution in [0, 0.1) is 0 Å². The molecule has 0 spiro atoms. The average molecular weight is 205 g/mol. The molecule has 0 radical (unpaired) electrons. The first kappa shape index (κ1) is 13.4. The Kier molecular flexibility index (Phi) is 7.37. The van der Waals surface area contributed by atoms with Crippen molar-refractivity contribution in [3.05, 3.63) is 0 Å². The molecule has 0 aliphatic carbocycles. The van der Waals surface area contributed by atoms with Gasteiger partial charge in [-0.1, -0.05) is 0 Å². The molecule has 0 amide bonds. The van der Waals surface area contributed by atoms with Crippen LogP contribution in [-0.4, -0.2) is 50.6 Å². The summed E-state index contributed by atoms with van der Waals surface area (Å²) in [5, 5.41) is 12.3. The van der Waals surface area contributed by atoms with Crippen molar-refractivity contribution >= 4 is 5.97 Å². The van der Waals surface area contributed by atoms with Gasteiger partial charge in [0.15, 0.2) is 0 Å². The van der Waals surface area contributed by atoms with E-state index in [9.17, 15) is 9.90 Å². The third-order valence-corrected chi connectivity index (χ3v) is 1.76. The SMILES string of the molecule is COCC(O)CNC(C)CC(=O)OC. The van der Waals surface area contributed by atoms with Crippen molar-refractivity contribution < 1.29 is 19.4 Å². The molecule has 2 atom stereocenters. The molecule has 5 heteroatoms. The van der Waals surface area contributed by atoms with Crippen LogP contribution in [0.1, 0.15) is 13.3 Å². The minimum absolute atomic E-state index is 0.00560. The molecule has 0 aromatic rings. The number of aliphatic hydroxyl groups is 1. The lowest BCUT2D eigenvalue weighted by molar-refractivity contribution is -0.141. The largest absolute Gasteiger partial charge is 0.469 e. The first-order chi connectivity index (χ1) is 6.60. The van der Waals surface area contributed by atoms with E-state index in [1.54, 1.807) is 0 Å². The van der Waals surface area contributed by atoms with E-state index < -0.39 is 6.10 Å². The number of aliphatic hydroxyl groups excluding tert-OH is 1. The van der Waals surface area contributed by atoms with Gasteiger partial charge in [0.25, 0.3) is 0 Å². The molecule has 0 fully saturated rings. The molecule has 0 heterocycles. The van der Waals surface area contributed by atoms with E-state index in [1.807, 2.05) is 6.92 Å². The highest BCUT2D eigenvalue weighted by Crippen LogP contribution is 1.93. The zero-order valence-corrected chi connectivity index (χ0v) is 8.95. The van der Waals surface area contributed by atoms with Gasteiger partial charge in [0.05, 0.1) is 26.2 Å². The maximum atomic E-state index is 10.8. The Labute approximate surface area is 84.4 Å². The van der Waals surface area contributed by atoms with Crippen molar-refractivity contribution in [1.82, 2.24) is 5.32 Å². The van der Waals surface area contributed by atoms with Crippen molar-refractivity contribution in [1.29, 1.82) is 0 Å². The number of carbonyl (C=O) groups is 1. The molecular formula is C9H19NO4. The Morgan fingerprint density at radius 3 is 2.64 bits per heavy atom. The van der Waals surface area contributed by atoms with Gasteiger partial charge < -0.3 is 19.9 Å². The van der Waals surface area contributed by atoms with Crippen molar-refractivity contribution in [3.63, 3.8) is 0 Å². The molecule has 0 bridgehead atoms. The summed E-state index contributed by atoms with van der Waals surface area (Å²) in [4.78, 5) is 10.8. The Bertz CT molecular complexity index is 163. The number of carbonyl (C=O) groups excluding carboxylic acids is 1. The van der Waals surface area contributed by atoms with E-state index in [2.05, 4.69) is 10.1 Å². The molecule has 0 aliphatic heterocycles. The molecule has 0 aliphatic rings. The summed E-state index contributed by atoms with van der Waals surface area (Å²) < 4.78 is 9.27. The lowest BCUT2D eigenvalue weighted by Gasteiger charge is -2.15. The van der Waals surface area contributed by atoms with Crippen LogP contribution in [0.5, 0.6) is 0 Å². The van der Waals surface area contributed by atoms with Gasteiger partial charge in [-0.05, 0) is 6.92 Å². The highest BCUT2D eigenvalue weighted by molar-refractivity contribution is 5.69. The third-order valence-electron chi connectivity index (χ3n) is 1.76. The number of methoxy groups -OCH3 is 2. The Balaban J connectivity index is 3.52. The fourth-order valence-electron chi connectivity index (χ4n) is 0.994. The minimum Gasteiger partial charge on any atom is -0.469 e. The summed E-state index contributed by atoms with van der Waals surface area (Å²) in [6.45, 7) is 2.56. The second kappa shape index (κ2) is 7.73. The van der Waals surface area contributed by atoms with Crippen molar-refractivity contribution in [3.8, 4) is 0 Å². The zero-order valence-electron chi connectivity index (χ0n) is 8.95. The smallest absolute Gasteiger partial charge is 0.307 e. The van der Waals surface area contributed by atoms with E-state index in [0.717, 1.165) is 0 Å². The Morgan fingerprint density at radius 1 is 1.50 bits per heavy atom. The van der Waals surface area contributed by atoms with Crippen LogP contribution in [0.2, 0.25) is 0 Å². The average Bonchev–Trinajstić information content (AvgIpc) is 2.15. The molecule has 2 unspecified atom stereocenters. The summed E-state index contributed by atoms with van der Waals surface area (Å²) in [5.41, 5.74) is 0. The van der Waals surface area contributed by atoms with Gasteiger partial charge in [-0.2, -0.15) is 0 Å². The lowest BCUT2D eigenvalue weighted by Crippen LogP contribution is -2.37.